The zero-order valence-corrected chi connectivity index (χ0v) is 15.3. The number of rotatable bonds is 5. The summed E-state index contributed by atoms with van der Waals surface area (Å²) in [6, 6.07) is 8.73. The van der Waals surface area contributed by atoms with Crippen molar-refractivity contribution in [2.24, 2.45) is 5.73 Å². The van der Waals surface area contributed by atoms with E-state index in [0.717, 1.165) is 17.5 Å². The summed E-state index contributed by atoms with van der Waals surface area (Å²) in [5.74, 6) is -1.59. The predicted octanol–water partition coefficient (Wildman–Crippen LogP) is 3.27. The highest BCUT2D eigenvalue weighted by Gasteiger charge is 2.40. The first kappa shape index (κ1) is 17.9. The predicted molar refractivity (Wildman–Crippen MR) is 101 cm³/mol. The zero-order valence-electron chi connectivity index (χ0n) is 15.3. The first-order valence-corrected chi connectivity index (χ1v) is 8.90. The summed E-state index contributed by atoms with van der Waals surface area (Å²) in [5.41, 5.74) is 9.57. The van der Waals surface area contributed by atoms with Crippen molar-refractivity contribution < 1.29 is 14.4 Å². The van der Waals surface area contributed by atoms with Gasteiger partial charge < -0.3 is 5.73 Å². The van der Waals surface area contributed by atoms with Gasteiger partial charge in [0, 0.05) is 0 Å². The molecular weight excluding hydrogens is 328 g/mol. The van der Waals surface area contributed by atoms with E-state index < -0.39 is 17.7 Å². The van der Waals surface area contributed by atoms with Crippen molar-refractivity contribution in [2.45, 2.75) is 40.0 Å². The Labute approximate surface area is 152 Å². The Morgan fingerprint density at radius 3 is 2.08 bits per heavy atom. The summed E-state index contributed by atoms with van der Waals surface area (Å²) in [4.78, 5) is 39.1. The zero-order chi connectivity index (χ0) is 19.0. The summed E-state index contributed by atoms with van der Waals surface area (Å²) in [6.45, 7) is 6.09. The van der Waals surface area contributed by atoms with E-state index in [1.54, 1.807) is 12.1 Å². The SMILES string of the molecule is CCc1cc(CC)c(N2C(=O)c3cccc(C(N)=O)c3C2=O)c(CC)c1. The number of anilines is 1. The average molecular weight is 350 g/mol. The summed E-state index contributed by atoms with van der Waals surface area (Å²) >= 11 is 0. The second-order valence-corrected chi connectivity index (χ2v) is 6.36. The largest absolute Gasteiger partial charge is 0.366 e. The Bertz CT molecular complexity index is 906. The first-order chi connectivity index (χ1) is 12.4. The molecule has 3 amide bonds. The molecule has 0 radical (unpaired) electrons. The summed E-state index contributed by atoms with van der Waals surface area (Å²) in [5, 5.41) is 0. The number of hydrogen-bond acceptors (Lipinski definition) is 3. The van der Waals surface area contributed by atoms with E-state index in [0.29, 0.717) is 18.5 Å². The molecule has 0 unspecified atom stereocenters. The molecule has 2 aromatic rings. The van der Waals surface area contributed by atoms with Gasteiger partial charge in [0.2, 0.25) is 5.91 Å². The Hall–Kier alpha value is -2.95. The van der Waals surface area contributed by atoms with Crippen LogP contribution >= 0.6 is 0 Å². The van der Waals surface area contributed by atoms with E-state index in [1.807, 2.05) is 26.0 Å². The second kappa shape index (κ2) is 6.75. The van der Waals surface area contributed by atoms with E-state index in [-0.39, 0.29) is 16.7 Å². The topological polar surface area (TPSA) is 80.5 Å². The molecule has 5 nitrogen and oxygen atoms in total. The number of fused-ring (bicyclic) bond motifs is 1. The van der Waals surface area contributed by atoms with Crippen LogP contribution in [0.5, 0.6) is 0 Å². The first-order valence-electron chi connectivity index (χ1n) is 8.90. The highest BCUT2D eigenvalue weighted by Crippen LogP contribution is 2.36. The lowest BCUT2D eigenvalue weighted by atomic mass is 9.97. The maximum Gasteiger partial charge on any atom is 0.266 e. The van der Waals surface area contributed by atoms with Crippen molar-refractivity contribution in [2.75, 3.05) is 4.90 Å². The van der Waals surface area contributed by atoms with Crippen LogP contribution in [0.4, 0.5) is 5.69 Å². The molecule has 0 aromatic heterocycles. The molecule has 0 bridgehead atoms. The minimum atomic E-state index is -0.711. The van der Waals surface area contributed by atoms with Crippen LogP contribution in [0.1, 0.15) is 68.5 Å². The van der Waals surface area contributed by atoms with Crippen molar-refractivity contribution in [1.29, 1.82) is 0 Å². The molecular formula is C21H22N2O3. The summed E-state index contributed by atoms with van der Waals surface area (Å²) in [6.07, 6.45) is 2.28. The van der Waals surface area contributed by atoms with Gasteiger partial charge in [-0.2, -0.15) is 0 Å². The lowest BCUT2D eigenvalue weighted by Gasteiger charge is -2.22. The number of carbonyl (C=O) groups is 3. The van der Waals surface area contributed by atoms with Crippen molar-refractivity contribution >= 4 is 23.4 Å². The minimum absolute atomic E-state index is 0.0876. The lowest BCUT2D eigenvalue weighted by molar-refractivity contribution is 0.0918. The smallest absolute Gasteiger partial charge is 0.266 e. The molecule has 0 aliphatic carbocycles. The number of carbonyl (C=O) groups excluding carboxylic acids is 3. The molecule has 1 aliphatic rings. The van der Waals surface area contributed by atoms with Crippen LogP contribution in [0.15, 0.2) is 30.3 Å². The number of imide groups is 1. The maximum atomic E-state index is 13.1. The fourth-order valence-corrected chi connectivity index (χ4v) is 3.56. The number of hydrogen-bond donors (Lipinski definition) is 1. The van der Waals surface area contributed by atoms with Gasteiger partial charge in [0.15, 0.2) is 0 Å². The molecule has 134 valence electrons. The third-order valence-corrected chi connectivity index (χ3v) is 4.90. The fourth-order valence-electron chi connectivity index (χ4n) is 3.56. The standard InChI is InChI=1S/C21H22N2O3/c1-4-12-10-13(5-2)18(14(6-3)11-12)23-20(25)16-9-7-8-15(19(22)24)17(16)21(23)26/h7-11H,4-6H2,1-3H3,(H2,22,24). The molecule has 1 heterocycles. The Kier molecular flexibility index (Phi) is 4.64. The number of nitrogens with two attached hydrogens (primary N) is 1. The highest BCUT2D eigenvalue weighted by atomic mass is 16.2. The normalized spacial score (nSPS) is 13.3. The van der Waals surface area contributed by atoms with E-state index in [9.17, 15) is 14.4 Å². The molecule has 5 heteroatoms. The van der Waals surface area contributed by atoms with Crippen LogP contribution in [0.3, 0.4) is 0 Å². The van der Waals surface area contributed by atoms with Crippen LogP contribution in [0.25, 0.3) is 0 Å². The van der Waals surface area contributed by atoms with Crippen molar-refractivity contribution in [1.82, 2.24) is 0 Å². The van der Waals surface area contributed by atoms with Gasteiger partial charge in [-0.1, -0.05) is 39.0 Å². The van der Waals surface area contributed by atoms with Gasteiger partial charge >= 0.3 is 0 Å². The molecule has 0 spiro atoms. The van der Waals surface area contributed by atoms with E-state index in [2.05, 4.69) is 6.92 Å². The third-order valence-electron chi connectivity index (χ3n) is 4.90. The number of amides is 3. The van der Waals surface area contributed by atoms with Gasteiger partial charge in [0.25, 0.3) is 11.8 Å². The molecule has 2 N–H and O–H groups in total. The van der Waals surface area contributed by atoms with Crippen LogP contribution < -0.4 is 10.6 Å². The molecule has 0 atom stereocenters. The van der Waals surface area contributed by atoms with Crippen LogP contribution in [0, 0.1) is 0 Å². The van der Waals surface area contributed by atoms with Crippen LogP contribution in [-0.4, -0.2) is 17.7 Å². The second-order valence-electron chi connectivity index (χ2n) is 6.36. The molecule has 3 rings (SSSR count). The van der Waals surface area contributed by atoms with Crippen LogP contribution in [-0.2, 0) is 19.3 Å². The quantitative estimate of drug-likeness (QED) is 0.840. The Morgan fingerprint density at radius 2 is 1.58 bits per heavy atom. The van der Waals surface area contributed by atoms with Gasteiger partial charge in [0.05, 0.1) is 22.4 Å². The van der Waals surface area contributed by atoms with Gasteiger partial charge in [-0.15, -0.1) is 0 Å². The van der Waals surface area contributed by atoms with Gasteiger partial charge in [-0.05, 0) is 48.1 Å². The molecule has 0 saturated heterocycles. The Morgan fingerprint density at radius 1 is 0.962 bits per heavy atom. The van der Waals surface area contributed by atoms with Crippen molar-refractivity contribution in [3.63, 3.8) is 0 Å². The number of benzene rings is 2. The van der Waals surface area contributed by atoms with E-state index in [4.69, 9.17) is 5.73 Å². The monoisotopic (exact) mass is 350 g/mol. The molecule has 2 aromatic carbocycles. The number of nitrogens with zero attached hydrogens (tertiary/aromatic N) is 1. The molecule has 1 aliphatic heterocycles. The minimum Gasteiger partial charge on any atom is -0.366 e. The summed E-state index contributed by atoms with van der Waals surface area (Å²) in [7, 11) is 0. The van der Waals surface area contributed by atoms with E-state index >= 15 is 0 Å². The number of aryl methyl sites for hydroxylation is 3. The molecule has 26 heavy (non-hydrogen) atoms. The van der Waals surface area contributed by atoms with Crippen molar-refractivity contribution in [3.05, 3.63) is 63.7 Å². The maximum absolute atomic E-state index is 13.1. The van der Waals surface area contributed by atoms with Gasteiger partial charge in [0.1, 0.15) is 0 Å². The van der Waals surface area contributed by atoms with Crippen LogP contribution in [0.2, 0.25) is 0 Å². The molecule has 0 saturated carbocycles. The van der Waals surface area contributed by atoms with Gasteiger partial charge in [-0.3, -0.25) is 14.4 Å². The average Bonchev–Trinajstić information content (AvgIpc) is 2.91. The fraction of sp³-hybridized carbons (Fsp3) is 0.286. The summed E-state index contributed by atoms with van der Waals surface area (Å²) < 4.78 is 0. The lowest BCUT2D eigenvalue weighted by Crippen LogP contribution is -2.32. The third kappa shape index (κ3) is 2.60. The van der Waals surface area contributed by atoms with Crippen molar-refractivity contribution in [3.8, 4) is 0 Å². The Balaban J connectivity index is 2.24. The van der Waals surface area contributed by atoms with Gasteiger partial charge in [-0.25, -0.2) is 4.90 Å². The molecule has 0 fully saturated rings. The number of primary amides is 1. The van der Waals surface area contributed by atoms with E-state index in [1.165, 1.54) is 16.5 Å². The highest BCUT2D eigenvalue weighted by molar-refractivity contribution is 6.36.